The molecule has 2 amide bonds. The molecule has 0 spiro atoms. The second-order valence-electron chi connectivity index (χ2n) is 5.38. The van der Waals surface area contributed by atoms with Crippen molar-refractivity contribution < 1.29 is 27.9 Å². The van der Waals surface area contributed by atoms with Gasteiger partial charge < -0.3 is 15.7 Å². The topological polar surface area (TPSA) is 83.6 Å². The standard InChI is InChI=1S/C17H15F3N2O3/c18-17(19,20)13-5-1-3-11(7-13)9-22(10-15(21)24)16(25)12-4-2-6-14(23)8-12/h1-8,23H,9-10H2,(H2,21,24). The third-order valence-corrected chi connectivity index (χ3v) is 3.35. The van der Waals surface area contributed by atoms with Crippen LogP contribution in [-0.4, -0.2) is 28.4 Å². The summed E-state index contributed by atoms with van der Waals surface area (Å²) in [6.07, 6.45) is -4.51. The fraction of sp³-hybridized carbons (Fsp3) is 0.176. The number of halogens is 3. The molecule has 0 aliphatic rings. The lowest BCUT2D eigenvalue weighted by molar-refractivity contribution is -0.137. The molecule has 0 aliphatic carbocycles. The Hall–Kier alpha value is -3.03. The fourth-order valence-electron chi connectivity index (χ4n) is 2.28. The Morgan fingerprint density at radius 1 is 1.08 bits per heavy atom. The minimum Gasteiger partial charge on any atom is -0.508 e. The first-order valence-corrected chi connectivity index (χ1v) is 7.19. The number of primary amides is 1. The van der Waals surface area contributed by atoms with Crippen LogP contribution < -0.4 is 5.73 Å². The Morgan fingerprint density at radius 2 is 1.76 bits per heavy atom. The van der Waals surface area contributed by atoms with Crippen molar-refractivity contribution in [2.75, 3.05) is 6.54 Å². The summed E-state index contributed by atoms with van der Waals surface area (Å²) in [7, 11) is 0. The molecular formula is C17H15F3N2O3. The predicted octanol–water partition coefficient (Wildman–Crippen LogP) is 2.54. The van der Waals surface area contributed by atoms with Crippen LogP contribution in [0.3, 0.4) is 0 Å². The first-order chi connectivity index (χ1) is 11.7. The van der Waals surface area contributed by atoms with E-state index in [2.05, 4.69) is 0 Å². The molecule has 25 heavy (non-hydrogen) atoms. The van der Waals surface area contributed by atoms with Crippen molar-refractivity contribution in [3.63, 3.8) is 0 Å². The van der Waals surface area contributed by atoms with Crippen LogP contribution in [0.25, 0.3) is 0 Å². The van der Waals surface area contributed by atoms with Crippen LogP contribution in [0.15, 0.2) is 48.5 Å². The van der Waals surface area contributed by atoms with E-state index < -0.39 is 30.1 Å². The normalized spacial score (nSPS) is 11.2. The van der Waals surface area contributed by atoms with Gasteiger partial charge >= 0.3 is 6.18 Å². The molecule has 0 atom stereocenters. The highest BCUT2D eigenvalue weighted by Gasteiger charge is 2.30. The molecule has 2 rings (SSSR count). The summed E-state index contributed by atoms with van der Waals surface area (Å²) in [4.78, 5) is 24.8. The summed E-state index contributed by atoms with van der Waals surface area (Å²) < 4.78 is 38.4. The fourth-order valence-corrected chi connectivity index (χ4v) is 2.28. The molecule has 0 fully saturated rings. The highest BCUT2D eigenvalue weighted by atomic mass is 19.4. The lowest BCUT2D eigenvalue weighted by atomic mass is 10.1. The van der Waals surface area contributed by atoms with Crippen LogP contribution in [0, 0.1) is 0 Å². The van der Waals surface area contributed by atoms with Crippen molar-refractivity contribution in [3.05, 3.63) is 65.2 Å². The monoisotopic (exact) mass is 352 g/mol. The van der Waals surface area contributed by atoms with Crippen molar-refractivity contribution in [1.29, 1.82) is 0 Å². The number of benzene rings is 2. The van der Waals surface area contributed by atoms with Gasteiger partial charge in [0.25, 0.3) is 5.91 Å². The van der Waals surface area contributed by atoms with Gasteiger partial charge in [0, 0.05) is 12.1 Å². The van der Waals surface area contributed by atoms with Crippen molar-refractivity contribution in [1.82, 2.24) is 4.90 Å². The number of hydrogen-bond acceptors (Lipinski definition) is 3. The molecule has 0 aliphatic heterocycles. The quantitative estimate of drug-likeness (QED) is 0.867. The van der Waals surface area contributed by atoms with E-state index in [0.717, 1.165) is 17.0 Å². The Morgan fingerprint density at radius 3 is 2.36 bits per heavy atom. The number of nitrogens with two attached hydrogens (primary N) is 1. The third-order valence-electron chi connectivity index (χ3n) is 3.35. The van der Waals surface area contributed by atoms with Gasteiger partial charge in [-0.15, -0.1) is 0 Å². The number of phenols is 1. The van der Waals surface area contributed by atoms with E-state index in [-0.39, 0.29) is 23.4 Å². The number of nitrogens with zero attached hydrogens (tertiary/aromatic N) is 1. The number of aromatic hydroxyl groups is 1. The maximum absolute atomic E-state index is 12.8. The molecule has 0 heterocycles. The van der Waals surface area contributed by atoms with E-state index in [4.69, 9.17) is 5.73 Å². The molecule has 0 radical (unpaired) electrons. The van der Waals surface area contributed by atoms with Gasteiger partial charge in [0.1, 0.15) is 5.75 Å². The zero-order valence-corrected chi connectivity index (χ0v) is 13.0. The lowest BCUT2D eigenvalue weighted by Crippen LogP contribution is -2.38. The highest BCUT2D eigenvalue weighted by molar-refractivity contribution is 5.96. The van der Waals surface area contributed by atoms with Crippen molar-refractivity contribution >= 4 is 11.8 Å². The molecule has 3 N–H and O–H groups in total. The molecule has 0 aromatic heterocycles. The van der Waals surface area contributed by atoms with Crippen molar-refractivity contribution in [2.24, 2.45) is 5.73 Å². The van der Waals surface area contributed by atoms with E-state index in [0.29, 0.717) is 0 Å². The molecule has 2 aromatic rings. The molecule has 0 unspecified atom stereocenters. The van der Waals surface area contributed by atoms with Crippen molar-refractivity contribution in [2.45, 2.75) is 12.7 Å². The average molecular weight is 352 g/mol. The lowest BCUT2D eigenvalue weighted by Gasteiger charge is -2.22. The van der Waals surface area contributed by atoms with Crippen LogP contribution in [0.4, 0.5) is 13.2 Å². The molecule has 0 bridgehead atoms. The van der Waals surface area contributed by atoms with Gasteiger partial charge in [-0.25, -0.2) is 0 Å². The Kier molecular flexibility index (Phi) is 5.31. The summed E-state index contributed by atoms with van der Waals surface area (Å²) in [5, 5.41) is 9.45. The number of hydrogen-bond donors (Lipinski definition) is 2. The number of rotatable bonds is 5. The number of phenolic OH excluding ortho intramolecular Hbond substituents is 1. The first kappa shape index (κ1) is 18.3. The van der Waals surface area contributed by atoms with Gasteiger partial charge in [0.15, 0.2) is 0 Å². The summed E-state index contributed by atoms with van der Waals surface area (Å²) in [5.74, 6) is -1.59. The summed E-state index contributed by atoms with van der Waals surface area (Å²) in [5.41, 5.74) is 4.57. The number of carbonyl (C=O) groups excluding carboxylic acids is 2. The van der Waals surface area contributed by atoms with Gasteiger partial charge in [0.2, 0.25) is 5.91 Å². The Bertz CT molecular complexity index is 791. The van der Waals surface area contributed by atoms with Gasteiger partial charge in [-0.1, -0.05) is 18.2 Å². The third kappa shape index (κ3) is 4.97. The van der Waals surface area contributed by atoms with Gasteiger partial charge in [0.05, 0.1) is 12.1 Å². The van der Waals surface area contributed by atoms with Crippen LogP contribution in [-0.2, 0) is 17.5 Å². The van der Waals surface area contributed by atoms with Crippen LogP contribution in [0.1, 0.15) is 21.5 Å². The van der Waals surface area contributed by atoms with Crippen LogP contribution in [0.5, 0.6) is 5.75 Å². The maximum Gasteiger partial charge on any atom is 0.416 e. The second-order valence-corrected chi connectivity index (χ2v) is 5.38. The van der Waals surface area contributed by atoms with E-state index in [1.165, 1.54) is 36.4 Å². The van der Waals surface area contributed by atoms with Gasteiger partial charge in [-0.2, -0.15) is 13.2 Å². The van der Waals surface area contributed by atoms with Crippen LogP contribution in [0.2, 0.25) is 0 Å². The zero-order chi connectivity index (χ0) is 18.6. The van der Waals surface area contributed by atoms with E-state index in [1.807, 2.05) is 0 Å². The minimum absolute atomic E-state index is 0.0909. The molecule has 2 aromatic carbocycles. The van der Waals surface area contributed by atoms with Gasteiger partial charge in [-0.3, -0.25) is 9.59 Å². The predicted molar refractivity (Wildman–Crippen MR) is 83.5 cm³/mol. The SMILES string of the molecule is NC(=O)CN(Cc1cccc(C(F)(F)F)c1)C(=O)c1cccc(O)c1. The second kappa shape index (κ2) is 7.25. The Labute approximate surface area is 141 Å². The van der Waals surface area contributed by atoms with Gasteiger partial charge in [-0.05, 0) is 35.9 Å². The molecular weight excluding hydrogens is 337 g/mol. The first-order valence-electron chi connectivity index (χ1n) is 7.19. The maximum atomic E-state index is 12.8. The smallest absolute Gasteiger partial charge is 0.416 e. The molecule has 5 nitrogen and oxygen atoms in total. The number of alkyl halides is 3. The minimum atomic E-state index is -4.51. The van der Waals surface area contributed by atoms with Crippen molar-refractivity contribution in [3.8, 4) is 5.75 Å². The average Bonchev–Trinajstić information content (AvgIpc) is 2.52. The Balaban J connectivity index is 2.29. The molecule has 8 heteroatoms. The number of carbonyl (C=O) groups is 2. The van der Waals surface area contributed by atoms with Crippen LogP contribution >= 0.6 is 0 Å². The van der Waals surface area contributed by atoms with E-state index in [1.54, 1.807) is 0 Å². The largest absolute Gasteiger partial charge is 0.508 e. The van der Waals surface area contributed by atoms with E-state index >= 15 is 0 Å². The molecule has 132 valence electrons. The van der Waals surface area contributed by atoms with E-state index in [9.17, 15) is 27.9 Å². The number of amides is 2. The highest BCUT2D eigenvalue weighted by Crippen LogP contribution is 2.29. The summed E-state index contributed by atoms with van der Waals surface area (Å²) in [6, 6.07) is 9.88. The summed E-state index contributed by atoms with van der Waals surface area (Å²) in [6.45, 7) is -0.702. The molecule has 0 saturated carbocycles. The zero-order valence-electron chi connectivity index (χ0n) is 13.0. The summed E-state index contributed by atoms with van der Waals surface area (Å²) >= 11 is 0. The molecule has 0 saturated heterocycles.